The highest BCUT2D eigenvalue weighted by atomic mass is 16.1. The van der Waals surface area contributed by atoms with Gasteiger partial charge in [-0.2, -0.15) is 0 Å². The molecule has 0 aliphatic heterocycles. The van der Waals surface area contributed by atoms with Gasteiger partial charge in [-0.05, 0) is 31.7 Å². The van der Waals surface area contributed by atoms with Crippen LogP contribution in [-0.2, 0) is 10.2 Å². The minimum atomic E-state index is -0.343. The van der Waals surface area contributed by atoms with E-state index in [9.17, 15) is 4.79 Å². The number of rotatable bonds is 6. The van der Waals surface area contributed by atoms with Crippen molar-refractivity contribution < 1.29 is 4.79 Å². The zero-order valence-corrected chi connectivity index (χ0v) is 9.28. The number of hydrogen-bond donors (Lipinski definition) is 0. The molecular formula is C14H18O. The molecule has 0 heterocycles. The Morgan fingerprint density at radius 3 is 2.53 bits per heavy atom. The first-order valence-electron chi connectivity index (χ1n) is 5.36. The van der Waals surface area contributed by atoms with Crippen molar-refractivity contribution in [1.82, 2.24) is 0 Å². The van der Waals surface area contributed by atoms with E-state index in [4.69, 9.17) is 0 Å². The summed E-state index contributed by atoms with van der Waals surface area (Å²) in [5, 5.41) is 0. The number of benzene rings is 1. The molecule has 0 bridgehead atoms. The van der Waals surface area contributed by atoms with Crippen LogP contribution in [0.15, 0.2) is 43.0 Å². The Bertz CT molecular complexity index is 315. The molecule has 1 nitrogen and oxygen atoms in total. The van der Waals surface area contributed by atoms with Crippen LogP contribution in [0.4, 0.5) is 0 Å². The first kappa shape index (κ1) is 11.7. The Balaban J connectivity index is 2.76. The molecule has 0 fully saturated rings. The van der Waals surface area contributed by atoms with Crippen LogP contribution in [0.25, 0.3) is 0 Å². The van der Waals surface area contributed by atoms with E-state index in [-0.39, 0.29) is 5.41 Å². The summed E-state index contributed by atoms with van der Waals surface area (Å²) >= 11 is 0. The van der Waals surface area contributed by atoms with Crippen molar-refractivity contribution in [3.05, 3.63) is 48.6 Å². The lowest BCUT2D eigenvalue weighted by Crippen LogP contribution is -2.23. The summed E-state index contributed by atoms with van der Waals surface area (Å²) in [7, 11) is 0. The number of carbonyl (C=O) groups excluding carboxylic acids is 1. The molecule has 0 radical (unpaired) electrons. The van der Waals surface area contributed by atoms with Crippen LogP contribution in [0.5, 0.6) is 0 Å². The van der Waals surface area contributed by atoms with Gasteiger partial charge in [0.2, 0.25) is 0 Å². The fraction of sp³-hybridized carbons (Fsp3) is 0.357. The summed E-state index contributed by atoms with van der Waals surface area (Å²) in [6, 6.07) is 9.96. The second-order valence-electron chi connectivity index (χ2n) is 4.08. The lowest BCUT2D eigenvalue weighted by Gasteiger charge is -2.23. The molecule has 1 aromatic carbocycles. The molecule has 0 aliphatic carbocycles. The molecule has 1 unspecified atom stereocenters. The molecular weight excluding hydrogens is 184 g/mol. The van der Waals surface area contributed by atoms with Crippen LogP contribution in [-0.4, -0.2) is 6.29 Å². The van der Waals surface area contributed by atoms with Gasteiger partial charge in [0.15, 0.2) is 0 Å². The standard InChI is InChI=1S/C14H18O/c1-3-4-8-11-14(2,12-15)13-9-6-5-7-10-13/h3,5-7,9-10,12H,1,4,8,11H2,2H3. The van der Waals surface area contributed by atoms with Crippen molar-refractivity contribution in [2.75, 3.05) is 0 Å². The maximum Gasteiger partial charge on any atom is 0.130 e. The Morgan fingerprint density at radius 2 is 2.00 bits per heavy atom. The Hall–Kier alpha value is -1.37. The van der Waals surface area contributed by atoms with Crippen molar-refractivity contribution in [1.29, 1.82) is 0 Å². The van der Waals surface area contributed by atoms with E-state index in [2.05, 4.69) is 6.58 Å². The van der Waals surface area contributed by atoms with Crippen molar-refractivity contribution >= 4 is 6.29 Å². The maximum absolute atomic E-state index is 11.2. The van der Waals surface area contributed by atoms with Gasteiger partial charge in [0.05, 0.1) is 0 Å². The van der Waals surface area contributed by atoms with Crippen molar-refractivity contribution in [3.8, 4) is 0 Å². The van der Waals surface area contributed by atoms with Gasteiger partial charge in [0, 0.05) is 5.41 Å². The summed E-state index contributed by atoms with van der Waals surface area (Å²) in [6.07, 6.45) is 5.82. The van der Waals surface area contributed by atoms with Crippen molar-refractivity contribution in [3.63, 3.8) is 0 Å². The van der Waals surface area contributed by atoms with Gasteiger partial charge in [0.1, 0.15) is 6.29 Å². The van der Waals surface area contributed by atoms with Gasteiger partial charge in [-0.3, -0.25) is 0 Å². The first-order chi connectivity index (χ1) is 7.23. The van der Waals surface area contributed by atoms with Crippen LogP contribution in [0.1, 0.15) is 31.7 Å². The third-order valence-electron chi connectivity index (χ3n) is 2.80. The fourth-order valence-corrected chi connectivity index (χ4v) is 1.70. The van der Waals surface area contributed by atoms with E-state index >= 15 is 0 Å². The third kappa shape index (κ3) is 3.05. The van der Waals surface area contributed by atoms with E-state index in [1.807, 2.05) is 43.3 Å². The summed E-state index contributed by atoms with van der Waals surface area (Å²) in [6.45, 7) is 5.69. The number of unbranched alkanes of at least 4 members (excludes halogenated alkanes) is 1. The van der Waals surface area contributed by atoms with E-state index in [1.165, 1.54) is 0 Å². The average molecular weight is 202 g/mol. The van der Waals surface area contributed by atoms with Gasteiger partial charge in [-0.1, -0.05) is 36.4 Å². The highest BCUT2D eigenvalue weighted by Crippen LogP contribution is 2.27. The van der Waals surface area contributed by atoms with Gasteiger partial charge in [-0.15, -0.1) is 6.58 Å². The fourth-order valence-electron chi connectivity index (χ4n) is 1.70. The minimum absolute atomic E-state index is 0.343. The predicted octanol–water partition coefficient (Wildman–Crippen LogP) is 3.50. The maximum atomic E-state index is 11.2. The summed E-state index contributed by atoms with van der Waals surface area (Å²) in [5.41, 5.74) is 0.758. The van der Waals surface area contributed by atoms with Gasteiger partial charge < -0.3 is 4.79 Å². The number of hydrogen-bond acceptors (Lipinski definition) is 1. The summed E-state index contributed by atoms with van der Waals surface area (Å²) < 4.78 is 0. The minimum Gasteiger partial charge on any atom is -0.302 e. The highest BCUT2D eigenvalue weighted by molar-refractivity contribution is 5.67. The largest absolute Gasteiger partial charge is 0.302 e. The van der Waals surface area contributed by atoms with Gasteiger partial charge in [-0.25, -0.2) is 0 Å². The molecule has 0 saturated heterocycles. The van der Waals surface area contributed by atoms with E-state index in [1.54, 1.807) is 0 Å². The van der Waals surface area contributed by atoms with Gasteiger partial charge >= 0.3 is 0 Å². The van der Waals surface area contributed by atoms with E-state index in [0.717, 1.165) is 31.1 Å². The number of carbonyl (C=O) groups is 1. The average Bonchev–Trinajstić information content (AvgIpc) is 2.30. The Morgan fingerprint density at radius 1 is 1.33 bits per heavy atom. The number of aldehydes is 1. The van der Waals surface area contributed by atoms with Crippen LogP contribution in [0, 0.1) is 0 Å². The second kappa shape index (κ2) is 5.50. The Kier molecular flexibility index (Phi) is 4.29. The number of allylic oxidation sites excluding steroid dienone is 1. The molecule has 1 heteroatoms. The quantitative estimate of drug-likeness (QED) is 0.392. The topological polar surface area (TPSA) is 17.1 Å². The molecule has 1 rings (SSSR count). The molecule has 1 aromatic rings. The third-order valence-corrected chi connectivity index (χ3v) is 2.80. The lowest BCUT2D eigenvalue weighted by molar-refractivity contribution is -0.112. The van der Waals surface area contributed by atoms with Crippen molar-refractivity contribution in [2.45, 2.75) is 31.6 Å². The molecule has 0 spiro atoms. The second-order valence-corrected chi connectivity index (χ2v) is 4.08. The first-order valence-corrected chi connectivity index (χ1v) is 5.36. The van der Waals surface area contributed by atoms with Crippen molar-refractivity contribution in [2.24, 2.45) is 0 Å². The molecule has 0 aliphatic rings. The predicted molar refractivity (Wildman–Crippen MR) is 63.9 cm³/mol. The van der Waals surface area contributed by atoms with E-state index in [0.29, 0.717) is 0 Å². The van der Waals surface area contributed by atoms with Crippen LogP contribution < -0.4 is 0 Å². The van der Waals surface area contributed by atoms with Crippen LogP contribution in [0.3, 0.4) is 0 Å². The summed E-state index contributed by atoms with van der Waals surface area (Å²) in [5.74, 6) is 0. The zero-order valence-electron chi connectivity index (χ0n) is 9.28. The van der Waals surface area contributed by atoms with Gasteiger partial charge in [0.25, 0.3) is 0 Å². The zero-order chi connectivity index (χ0) is 11.1. The molecule has 15 heavy (non-hydrogen) atoms. The van der Waals surface area contributed by atoms with E-state index < -0.39 is 0 Å². The lowest BCUT2D eigenvalue weighted by atomic mass is 9.79. The highest BCUT2D eigenvalue weighted by Gasteiger charge is 2.24. The molecule has 0 N–H and O–H groups in total. The SMILES string of the molecule is C=CCCCC(C)(C=O)c1ccccc1. The molecule has 0 saturated carbocycles. The molecule has 0 aromatic heterocycles. The smallest absolute Gasteiger partial charge is 0.130 e. The normalized spacial score (nSPS) is 14.2. The molecule has 1 atom stereocenters. The molecule has 80 valence electrons. The van der Waals surface area contributed by atoms with Crippen LogP contribution >= 0.6 is 0 Å². The Labute approximate surface area is 91.8 Å². The monoisotopic (exact) mass is 202 g/mol. The molecule has 0 amide bonds. The summed E-state index contributed by atoms with van der Waals surface area (Å²) in [4.78, 5) is 11.2. The van der Waals surface area contributed by atoms with Crippen LogP contribution in [0.2, 0.25) is 0 Å².